The standard InChI is InChI=1S/C36H71NO/c1-4-7-9-11-13-15-17-19-21-23-25-27-29-31-34-37(36(38)33-6-3)35-32-30-28-26-24-22-20-18-16-14-12-10-8-5-2/h6H,3-5,7-35H2,1-2H3. The second kappa shape index (κ2) is 32.4. The van der Waals surface area contributed by atoms with Crippen LogP contribution in [0, 0.1) is 0 Å². The normalized spacial score (nSPS) is 11.2. The molecular formula is C36H71NO. The monoisotopic (exact) mass is 534 g/mol. The first-order valence-corrected chi connectivity index (χ1v) is 17.6. The molecule has 0 spiro atoms. The predicted molar refractivity (Wildman–Crippen MR) is 172 cm³/mol. The summed E-state index contributed by atoms with van der Waals surface area (Å²) in [5, 5.41) is 0. The van der Waals surface area contributed by atoms with Gasteiger partial charge in [0, 0.05) is 19.5 Å². The van der Waals surface area contributed by atoms with Crippen LogP contribution in [-0.2, 0) is 4.79 Å². The van der Waals surface area contributed by atoms with Crippen molar-refractivity contribution in [3.05, 3.63) is 12.7 Å². The van der Waals surface area contributed by atoms with Gasteiger partial charge in [-0.3, -0.25) is 4.79 Å². The Morgan fingerprint density at radius 1 is 0.447 bits per heavy atom. The Balaban J connectivity index is 3.62. The van der Waals surface area contributed by atoms with E-state index < -0.39 is 0 Å². The Bertz CT molecular complexity index is 442. The summed E-state index contributed by atoms with van der Waals surface area (Å²) in [6, 6.07) is 0. The lowest BCUT2D eigenvalue weighted by Crippen LogP contribution is -2.32. The minimum absolute atomic E-state index is 0.282. The van der Waals surface area contributed by atoms with Crippen LogP contribution >= 0.6 is 0 Å². The molecule has 0 saturated heterocycles. The molecule has 0 aromatic rings. The van der Waals surface area contributed by atoms with Crippen LogP contribution in [0.4, 0.5) is 0 Å². The highest BCUT2D eigenvalue weighted by atomic mass is 16.2. The molecule has 0 aromatic carbocycles. The van der Waals surface area contributed by atoms with Gasteiger partial charge in [-0.1, -0.05) is 187 Å². The smallest absolute Gasteiger partial charge is 0.226 e. The molecule has 2 heteroatoms. The number of nitrogens with zero attached hydrogens (tertiary/aromatic N) is 1. The molecule has 0 heterocycles. The summed E-state index contributed by atoms with van der Waals surface area (Å²) < 4.78 is 0. The third-order valence-electron chi connectivity index (χ3n) is 8.23. The van der Waals surface area contributed by atoms with Crippen LogP contribution in [0.25, 0.3) is 0 Å². The van der Waals surface area contributed by atoms with Gasteiger partial charge in [0.05, 0.1) is 0 Å². The van der Waals surface area contributed by atoms with Crippen LogP contribution in [0.1, 0.15) is 200 Å². The van der Waals surface area contributed by atoms with Crippen molar-refractivity contribution in [2.45, 2.75) is 200 Å². The first-order chi connectivity index (χ1) is 18.8. The second-order valence-electron chi connectivity index (χ2n) is 12.1. The molecule has 0 saturated carbocycles. The van der Waals surface area contributed by atoms with E-state index in [1.807, 2.05) is 0 Å². The second-order valence-corrected chi connectivity index (χ2v) is 12.1. The minimum Gasteiger partial charge on any atom is -0.342 e. The summed E-state index contributed by atoms with van der Waals surface area (Å²) in [4.78, 5) is 14.7. The van der Waals surface area contributed by atoms with Crippen molar-refractivity contribution in [2.75, 3.05) is 13.1 Å². The largest absolute Gasteiger partial charge is 0.342 e. The first-order valence-electron chi connectivity index (χ1n) is 17.6. The number of rotatable bonds is 32. The van der Waals surface area contributed by atoms with E-state index in [9.17, 15) is 4.79 Å². The third-order valence-corrected chi connectivity index (χ3v) is 8.23. The number of amides is 1. The molecule has 0 aliphatic heterocycles. The van der Waals surface area contributed by atoms with Gasteiger partial charge in [0.25, 0.3) is 0 Å². The van der Waals surface area contributed by atoms with Gasteiger partial charge in [0.1, 0.15) is 0 Å². The Morgan fingerprint density at radius 2 is 0.684 bits per heavy atom. The average Bonchev–Trinajstić information content (AvgIpc) is 2.92. The van der Waals surface area contributed by atoms with Crippen LogP contribution in [0.5, 0.6) is 0 Å². The topological polar surface area (TPSA) is 20.3 Å². The maximum Gasteiger partial charge on any atom is 0.226 e. The van der Waals surface area contributed by atoms with Crippen LogP contribution in [-0.4, -0.2) is 23.9 Å². The van der Waals surface area contributed by atoms with E-state index in [1.54, 1.807) is 6.08 Å². The summed E-state index contributed by atoms with van der Waals surface area (Å²) in [5.74, 6) is 0.282. The van der Waals surface area contributed by atoms with Crippen LogP contribution < -0.4 is 0 Å². The molecule has 0 atom stereocenters. The van der Waals surface area contributed by atoms with Crippen molar-refractivity contribution >= 4 is 5.91 Å². The van der Waals surface area contributed by atoms with Gasteiger partial charge in [-0.2, -0.15) is 0 Å². The maximum absolute atomic E-state index is 12.5. The number of hydrogen-bond acceptors (Lipinski definition) is 1. The average molecular weight is 534 g/mol. The Kier molecular flexibility index (Phi) is 31.7. The number of hydrogen-bond donors (Lipinski definition) is 0. The van der Waals surface area contributed by atoms with Crippen LogP contribution in [0.15, 0.2) is 12.7 Å². The fourth-order valence-electron chi connectivity index (χ4n) is 5.61. The highest BCUT2D eigenvalue weighted by Gasteiger charge is 2.11. The molecule has 0 rings (SSSR count). The van der Waals surface area contributed by atoms with Gasteiger partial charge < -0.3 is 4.90 Å². The third kappa shape index (κ3) is 28.2. The molecule has 0 aliphatic rings. The predicted octanol–water partition coefficient (Wildman–Crippen LogP) is 12.4. The highest BCUT2D eigenvalue weighted by molar-refractivity contribution is 5.77. The molecule has 0 aliphatic carbocycles. The highest BCUT2D eigenvalue weighted by Crippen LogP contribution is 2.15. The van der Waals surface area contributed by atoms with E-state index in [1.165, 1.54) is 180 Å². The van der Waals surface area contributed by atoms with Crippen LogP contribution in [0.2, 0.25) is 0 Å². The lowest BCUT2D eigenvalue weighted by molar-refractivity contribution is -0.130. The lowest BCUT2D eigenvalue weighted by atomic mass is 10.0. The minimum atomic E-state index is 0.282. The van der Waals surface area contributed by atoms with Crippen molar-refractivity contribution < 1.29 is 4.79 Å². The van der Waals surface area contributed by atoms with E-state index >= 15 is 0 Å². The summed E-state index contributed by atoms with van der Waals surface area (Å²) in [5.41, 5.74) is 0. The molecule has 0 radical (unpaired) electrons. The Labute approximate surface area is 241 Å². The Hall–Kier alpha value is -0.790. The molecule has 0 bridgehead atoms. The Morgan fingerprint density at radius 3 is 0.921 bits per heavy atom. The van der Waals surface area contributed by atoms with Crippen molar-refractivity contribution in [3.63, 3.8) is 0 Å². The molecule has 1 amide bonds. The molecular weight excluding hydrogens is 462 g/mol. The van der Waals surface area contributed by atoms with Gasteiger partial charge >= 0.3 is 0 Å². The number of carbonyl (C=O) groups excluding carboxylic acids is 1. The molecule has 0 unspecified atom stereocenters. The fourth-order valence-corrected chi connectivity index (χ4v) is 5.61. The van der Waals surface area contributed by atoms with Gasteiger partial charge in [-0.05, 0) is 12.8 Å². The number of carbonyl (C=O) groups is 1. The zero-order valence-electron chi connectivity index (χ0n) is 26.6. The summed E-state index contributed by atoms with van der Waals surface area (Å²) in [6.07, 6.45) is 41.0. The molecule has 226 valence electrons. The van der Waals surface area contributed by atoms with E-state index in [0.717, 1.165) is 13.1 Å². The van der Waals surface area contributed by atoms with Gasteiger partial charge in [0.15, 0.2) is 0 Å². The summed E-state index contributed by atoms with van der Waals surface area (Å²) >= 11 is 0. The van der Waals surface area contributed by atoms with E-state index in [4.69, 9.17) is 0 Å². The maximum atomic E-state index is 12.5. The first kappa shape index (κ1) is 37.2. The van der Waals surface area contributed by atoms with Crippen molar-refractivity contribution in [1.82, 2.24) is 4.90 Å². The van der Waals surface area contributed by atoms with Gasteiger partial charge in [0.2, 0.25) is 5.91 Å². The lowest BCUT2D eigenvalue weighted by Gasteiger charge is -2.22. The van der Waals surface area contributed by atoms with Crippen LogP contribution in [0.3, 0.4) is 0 Å². The zero-order valence-corrected chi connectivity index (χ0v) is 26.6. The van der Waals surface area contributed by atoms with Crippen molar-refractivity contribution in [2.24, 2.45) is 0 Å². The quantitative estimate of drug-likeness (QED) is 0.0622. The van der Waals surface area contributed by atoms with Gasteiger partial charge in [-0.15, -0.1) is 6.58 Å². The number of unbranched alkanes of at least 4 members (excludes halogenated alkanes) is 26. The SMILES string of the molecule is C=CCC(=O)N(CCCCCCCCCCCCCCCC)CCCCCCCCCCCCCCCC. The molecule has 0 aromatic heterocycles. The van der Waals surface area contributed by atoms with E-state index in [-0.39, 0.29) is 5.91 Å². The molecule has 0 N–H and O–H groups in total. The van der Waals surface area contributed by atoms with Crippen molar-refractivity contribution in [1.29, 1.82) is 0 Å². The summed E-state index contributed by atoms with van der Waals surface area (Å²) in [6.45, 7) is 10.3. The molecule has 0 fully saturated rings. The molecule has 38 heavy (non-hydrogen) atoms. The summed E-state index contributed by atoms with van der Waals surface area (Å²) in [7, 11) is 0. The van der Waals surface area contributed by atoms with E-state index in [0.29, 0.717) is 6.42 Å². The molecule has 2 nitrogen and oxygen atoms in total. The fraction of sp³-hybridized carbons (Fsp3) is 0.917. The van der Waals surface area contributed by atoms with Crippen molar-refractivity contribution in [3.8, 4) is 0 Å². The zero-order chi connectivity index (χ0) is 27.8. The van der Waals surface area contributed by atoms with Gasteiger partial charge in [-0.25, -0.2) is 0 Å². The van der Waals surface area contributed by atoms with E-state index in [2.05, 4.69) is 25.3 Å².